The van der Waals surface area contributed by atoms with Gasteiger partial charge in [0.05, 0.1) is 5.56 Å². The molecule has 124 valence electrons. The monoisotopic (exact) mass is 315 g/mol. The van der Waals surface area contributed by atoms with E-state index in [1.54, 1.807) is 17.0 Å². The zero-order valence-corrected chi connectivity index (χ0v) is 14.4. The fraction of sp³-hybridized carbons (Fsp3) is 0.474. The number of anilines is 1. The molecule has 23 heavy (non-hydrogen) atoms. The van der Waals surface area contributed by atoms with Gasteiger partial charge in [0.1, 0.15) is 5.60 Å². The van der Waals surface area contributed by atoms with Gasteiger partial charge < -0.3 is 9.64 Å². The predicted octanol–water partition coefficient (Wildman–Crippen LogP) is 4.19. The highest BCUT2D eigenvalue weighted by atomic mass is 16.6. The van der Waals surface area contributed by atoms with Gasteiger partial charge in [0.25, 0.3) is 0 Å². The van der Waals surface area contributed by atoms with Gasteiger partial charge in [-0.15, -0.1) is 0 Å². The molecule has 2 rings (SSSR count). The van der Waals surface area contributed by atoms with E-state index in [9.17, 15) is 9.59 Å². The van der Waals surface area contributed by atoms with Crippen molar-refractivity contribution in [3.8, 4) is 0 Å². The van der Waals surface area contributed by atoms with E-state index in [1.807, 2.05) is 45.9 Å². The smallest absolute Gasteiger partial charge is 0.338 e. The van der Waals surface area contributed by atoms with E-state index in [-0.39, 0.29) is 11.9 Å². The van der Waals surface area contributed by atoms with Crippen LogP contribution in [0.15, 0.2) is 24.3 Å². The number of piperidine rings is 1. The maximum atomic E-state index is 12.4. The Kier molecular flexibility index (Phi) is 5.24. The number of carbonyl (C=O) groups excluding carboxylic acids is 2. The van der Waals surface area contributed by atoms with E-state index in [1.165, 1.54) is 0 Å². The maximum Gasteiger partial charge on any atom is 0.338 e. The maximum absolute atomic E-state index is 12.4. The van der Waals surface area contributed by atoms with Gasteiger partial charge in [0.15, 0.2) is 0 Å². The molecule has 0 aliphatic carbocycles. The number of benzene rings is 1. The summed E-state index contributed by atoms with van der Waals surface area (Å²) in [4.78, 5) is 26.3. The van der Waals surface area contributed by atoms with Crippen LogP contribution in [0.3, 0.4) is 0 Å². The van der Waals surface area contributed by atoms with Gasteiger partial charge >= 0.3 is 5.97 Å². The van der Waals surface area contributed by atoms with Crippen LogP contribution in [-0.4, -0.2) is 24.0 Å². The van der Waals surface area contributed by atoms with Crippen LogP contribution in [0.25, 0.3) is 6.08 Å². The lowest BCUT2D eigenvalue weighted by Crippen LogP contribution is -2.35. The van der Waals surface area contributed by atoms with Crippen LogP contribution < -0.4 is 4.90 Å². The molecule has 1 aromatic rings. The van der Waals surface area contributed by atoms with Crippen molar-refractivity contribution >= 4 is 23.6 Å². The van der Waals surface area contributed by atoms with Gasteiger partial charge in [-0.3, -0.25) is 4.79 Å². The third kappa shape index (κ3) is 4.68. The lowest BCUT2D eigenvalue weighted by atomic mass is 10.0. The van der Waals surface area contributed by atoms with E-state index >= 15 is 0 Å². The Morgan fingerprint density at radius 2 is 1.96 bits per heavy atom. The Morgan fingerprint density at radius 1 is 1.22 bits per heavy atom. The molecule has 1 fully saturated rings. The quantitative estimate of drug-likeness (QED) is 0.786. The van der Waals surface area contributed by atoms with Gasteiger partial charge in [-0.2, -0.15) is 0 Å². The molecular formula is C19H25NO3. The standard InChI is InChI=1S/C19H25NO3/c1-5-8-14-11-15(18(22)23-19(2,3)4)13-16(12-14)20-10-7-6-9-17(20)21/h5,8,11-13H,6-7,9-10H2,1-4H3/b8-5-. The Labute approximate surface area is 138 Å². The molecule has 1 amide bonds. The third-order valence-electron chi connectivity index (χ3n) is 3.57. The Balaban J connectivity index is 2.39. The number of amides is 1. The van der Waals surface area contributed by atoms with E-state index < -0.39 is 5.60 Å². The second-order valence-corrected chi connectivity index (χ2v) is 6.82. The fourth-order valence-corrected chi connectivity index (χ4v) is 2.61. The summed E-state index contributed by atoms with van der Waals surface area (Å²) in [6.45, 7) is 8.15. The normalized spacial score (nSPS) is 16.0. The number of hydrogen-bond donors (Lipinski definition) is 0. The molecule has 0 spiro atoms. The van der Waals surface area contributed by atoms with Crippen LogP contribution in [-0.2, 0) is 9.53 Å². The zero-order chi connectivity index (χ0) is 17.0. The molecule has 1 aromatic carbocycles. The van der Waals surface area contributed by atoms with Crippen LogP contribution in [0.2, 0.25) is 0 Å². The van der Waals surface area contributed by atoms with E-state index in [2.05, 4.69) is 0 Å². The molecule has 1 aliphatic rings. The van der Waals surface area contributed by atoms with Crippen molar-refractivity contribution in [3.63, 3.8) is 0 Å². The first-order valence-electron chi connectivity index (χ1n) is 8.11. The summed E-state index contributed by atoms with van der Waals surface area (Å²) in [6, 6.07) is 5.49. The molecule has 4 nitrogen and oxygen atoms in total. The number of nitrogens with zero attached hydrogens (tertiary/aromatic N) is 1. The number of carbonyl (C=O) groups is 2. The first-order valence-corrected chi connectivity index (χ1v) is 8.11. The highest BCUT2D eigenvalue weighted by Gasteiger charge is 2.23. The first kappa shape index (κ1) is 17.3. The largest absolute Gasteiger partial charge is 0.456 e. The number of ether oxygens (including phenoxy) is 1. The van der Waals surface area contributed by atoms with Crippen molar-refractivity contribution < 1.29 is 14.3 Å². The van der Waals surface area contributed by atoms with Crippen molar-refractivity contribution in [1.82, 2.24) is 0 Å². The number of esters is 1. The molecule has 0 bridgehead atoms. The Bertz CT molecular complexity index is 626. The van der Waals surface area contributed by atoms with Crippen LogP contribution in [0.5, 0.6) is 0 Å². The van der Waals surface area contributed by atoms with Gasteiger partial charge in [0.2, 0.25) is 5.91 Å². The second-order valence-electron chi connectivity index (χ2n) is 6.82. The van der Waals surface area contributed by atoms with E-state index in [0.29, 0.717) is 18.5 Å². The Morgan fingerprint density at radius 3 is 2.57 bits per heavy atom. The number of allylic oxidation sites excluding steroid dienone is 1. The van der Waals surface area contributed by atoms with Crippen molar-refractivity contribution in [2.24, 2.45) is 0 Å². The molecule has 0 radical (unpaired) electrons. The predicted molar refractivity (Wildman–Crippen MR) is 92.5 cm³/mol. The summed E-state index contributed by atoms with van der Waals surface area (Å²) in [5, 5.41) is 0. The van der Waals surface area contributed by atoms with Gasteiger partial charge in [-0.25, -0.2) is 4.79 Å². The number of hydrogen-bond acceptors (Lipinski definition) is 3. The van der Waals surface area contributed by atoms with Crippen molar-refractivity contribution in [1.29, 1.82) is 0 Å². The van der Waals surface area contributed by atoms with Crippen molar-refractivity contribution in [3.05, 3.63) is 35.4 Å². The molecule has 0 saturated carbocycles. The minimum absolute atomic E-state index is 0.115. The summed E-state index contributed by atoms with van der Waals surface area (Å²) in [6.07, 6.45) is 6.32. The molecule has 4 heteroatoms. The minimum atomic E-state index is -0.547. The Hall–Kier alpha value is -2.10. The van der Waals surface area contributed by atoms with Crippen LogP contribution in [0.4, 0.5) is 5.69 Å². The lowest BCUT2D eigenvalue weighted by Gasteiger charge is -2.27. The van der Waals surface area contributed by atoms with Crippen molar-refractivity contribution in [2.45, 2.75) is 52.6 Å². The van der Waals surface area contributed by atoms with Crippen molar-refractivity contribution in [2.75, 3.05) is 11.4 Å². The zero-order valence-electron chi connectivity index (χ0n) is 14.4. The van der Waals surface area contributed by atoms with Crippen LogP contribution in [0.1, 0.15) is 62.9 Å². The fourth-order valence-electron chi connectivity index (χ4n) is 2.61. The SMILES string of the molecule is C/C=C\c1cc(C(=O)OC(C)(C)C)cc(N2CCCCC2=O)c1. The average Bonchev–Trinajstić information content (AvgIpc) is 2.46. The molecule has 1 heterocycles. The molecule has 0 unspecified atom stereocenters. The van der Waals surface area contributed by atoms with Crippen LogP contribution >= 0.6 is 0 Å². The topological polar surface area (TPSA) is 46.6 Å². The summed E-state index contributed by atoms with van der Waals surface area (Å²) in [5.74, 6) is -0.251. The average molecular weight is 315 g/mol. The summed E-state index contributed by atoms with van der Waals surface area (Å²) in [5.41, 5.74) is 1.59. The number of rotatable bonds is 3. The van der Waals surface area contributed by atoms with E-state index in [4.69, 9.17) is 4.74 Å². The highest BCUT2D eigenvalue weighted by molar-refractivity contribution is 5.97. The molecule has 1 aliphatic heterocycles. The van der Waals surface area contributed by atoms with Crippen LogP contribution in [0, 0.1) is 0 Å². The molecule has 0 aromatic heterocycles. The minimum Gasteiger partial charge on any atom is -0.456 e. The van der Waals surface area contributed by atoms with Gasteiger partial charge in [-0.1, -0.05) is 12.2 Å². The molecule has 0 atom stereocenters. The lowest BCUT2D eigenvalue weighted by molar-refractivity contribution is -0.119. The van der Waals surface area contributed by atoms with Gasteiger partial charge in [0, 0.05) is 18.7 Å². The second kappa shape index (κ2) is 6.99. The molecule has 1 saturated heterocycles. The molecular weight excluding hydrogens is 290 g/mol. The summed E-state index contributed by atoms with van der Waals surface area (Å²) >= 11 is 0. The highest BCUT2D eigenvalue weighted by Crippen LogP contribution is 2.25. The van der Waals surface area contributed by atoms with E-state index in [0.717, 1.165) is 24.1 Å². The molecule has 0 N–H and O–H groups in total. The third-order valence-corrected chi connectivity index (χ3v) is 3.57. The first-order chi connectivity index (χ1) is 10.8. The summed E-state index contributed by atoms with van der Waals surface area (Å²) < 4.78 is 5.46. The van der Waals surface area contributed by atoms with Gasteiger partial charge in [-0.05, 0) is 64.3 Å². The summed E-state index contributed by atoms with van der Waals surface area (Å²) in [7, 11) is 0.